The van der Waals surface area contributed by atoms with E-state index in [-0.39, 0.29) is 0 Å². The van der Waals surface area contributed by atoms with E-state index in [9.17, 15) is 0 Å². The molecule has 1 saturated heterocycles. The summed E-state index contributed by atoms with van der Waals surface area (Å²) in [5.74, 6) is 1.55. The first-order chi connectivity index (χ1) is 8.83. The third-order valence-electron chi connectivity index (χ3n) is 3.56. The third-order valence-corrected chi connectivity index (χ3v) is 3.56. The van der Waals surface area contributed by atoms with Gasteiger partial charge < -0.3 is 19.4 Å². The summed E-state index contributed by atoms with van der Waals surface area (Å²) in [6.07, 6.45) is 6.03. The lowest BCUT2D eigenvalue weighted by Gasteiger charge is -2.21. The Morgan fingerprint density at radius 3 is 3.28 bits per heavy atom. The summed E-state index contributed by atoms with van der Waals surface area (Å²) in [5.41, 5.74) is 0. The van der Waals surface area contributed by atoms with E-state index in [0.717, 1.165) is 45.2 Å². The summed E-state index contributed by atoms with van der Waals surface area (Å²) < 4.78 is 12.7. The van der Waals surface area contributed by atoms with Gasteiger partial charge in [0, 0.05) is 51.2 Å². The highest BCUT2D eigenvalue weighted by atomic mass is 16.5. The maximum Gasteiger partial charge on any atom is 0.203 e. The van der Waals surface area contributed by atoms with E-state index in [4.69, 9.17) is 9.47 Å². The molecule has 5 heteroatoms. The van der Waals surface area contributed by atoms with Crippen molar-refractivity contribution >= 4 is 5.95 Å². The fourth-order valence-electron chi connectivity index (χ4n) is 2.36. The topological polar surface area (TPSA) is 48.3 Å². The molecule has 1 fully saturated rings. The van der Waals surface area contributed by atoms with Crippen LogP contribution >= 0.6 is 0 Å². The van der Waals surface area contributed by atoms with Crippen LogP contribution < -0.4 is 5.32 Å². The number of rotatable bonds is 7. The Labute approximate surface area is 108 Å². The highest BCUT2D eigenvalue weighted by Gasteiger charge is 2.24. The summed E-state index contributed by atoms with van der Waals surface area (Å²) in [4.78, 5) is 4.38. The summed E-state index contributed by atoms with van der Waals surface area (Å²) in [6.45, 7) is 5.66. The van der Waals surface area contributed by atoms with Gasteiger partial charge in [-0.15, -0.1) is 0 Å². The molecule has 18 heavy (non-hydrogen) atoms. The van der Waals surface area contributed by atoms with Crippen molar-refractivity contribution in [3.05, 3.63) is 12.4 Å². The number of hydrogen-bond donors (Lipinski definition) is 1. The SMILES string of the molecule is COCCCNc1nccn1C(C)C1CCOC1. The first-order valence-electron chi connectivity index (χ1n) is 6.66. The molecule has 0 aromatic carbocycles. The molecular formula is C13H23N3O2. The predicted molar refractivity (Wildman–Crippen MR) is 70.8 cm³/mol. The molecule has 2 unspecified atom stereocenters. The average Bonchev–Trinajstić information content (AvgIpc) is 3.04. The van der Waals surface area contributed by atoms with Gasteiger partial charge in [0.25, 0.3) is 0 Å². The Morgan fingerprint density at radius 1 is 1.67 bits per heavy atom. The van der Waals surface area contributed by atoms with E-state index in [0.29, 0.717) is 12.0 Å². The molecule has 1 aromatic heterocycles. The largest absolute Gasteiger partial charge is 0.385 e. The molecule has 1 aliphatic rings. The summed E-state index contributed by atoms with van der Waals surface area (Å²) in [7, 11) is 1.73. The van der Waals surface area contributed by atoms with Crippen molar-refractivity contribution < 1.29 is 9.47 Å². The first kappa shape index (κ1) is 13.4. The van der Waals surface area contributed by atoms with Crippen LogP contribution in [0.4, 0.5) is 5.95 Å². The highest BCUT2D eigenvalue weighted by molar-refractivity contribution is 5.26. The normalized spacial score (nSPS) is 21.1. The molecule has 0 amide bonds. The summed E-state index contributed by atoms with van der Waals surface area (Å²) >= 11 is 0. The van der Waals surface area contributed by atoms with Gasteiger partial charge in [-0.3, -0.25) is 0 Å². The number of anilines is 1. The van der Waals surface area contributed by atoms with Crippen molar-refractivity contribution in [2.24, 2.45) is 5.92 Å². The van der Waals surface area contributed by atoms with Gasteiger partial charge in [0.1, 0.15) is 0 Å². The Balaban J connectivity index is 1.89. The van der Waals surface area contributed by atoms with Crippen molar-refractivity contribution in [3.63, 3.8) is 0 Å². The molecule has 1 aromatic rings. The maximum absolute atomic E-state index is 5.46. The van der Waals surface area contributed by atoms with Crippen molar-refractivity contribution in [1.29, 1.82) is 0 Å². The van der Waals surface area contributed by atoms with Gasteiger partial charge in [-0.05, 0) is 19.8 Å². The van der Waals surface area contributed by atoms with Crippen LogP contribution in [0.2, 0.25) is 0 Å². The van der Waals surface area contributed by atoms with Crippen LogP contribution in [0, 0.1) is 5.92 Å². The lowest BCUT2D eigenvalue weighted by Crippen LogP contribution is -2.19. The van der Waals surface area contributed by atoms with Gasteiger partial charge in [0.2, 0.25) is 5.95 Å². The second kappa shape index (κ2) is 6.75. The summed E-state index contributed by atoms with van der Waals surface area (Å²) in [6, 6.07) is 0.430. The van der Waals surface area contributed by atoms with Gasteiger partial charge in [-0.2, -0.15) is 0 Å². The Kier molecular flexibility index (Phi) is 5.01. The van der Waals surface area contributed by atoms with Crippen molar-refractivity contribution in [2.45, 2.75) is 25.8 Å². The van der Waals surface area contributed by atoms with Crippen molar-refractivity contribution in [2.75, 3.05) is 38.8 Å². The molecule has 2 rings (SSSR count). The number of nitrogens with one attached hydrogen (secondary N) is 1. The fraction of sp³-hybridized carbons (Fsp3) is 0.769. The highest BCUT2D eigenvalue weighted by Crippen LogP contribution is 2.27. The minimum Gasteiger partial charge on any atom is -0.385 e. The average molecular weight is 253 g/mol. The van der Waals surface area contributed by atoms with E-state index in [1.54, 1.807) is 7.11 Å². The molecule has 5 nitrogen and oxygen atoms in total. The molecule has 0 bridgehead atoms. The van der Waals surface area contributed by atoms with Crippen LogP contribution in [-0.2, 0) is 9.47 Å². The van der Waals surface area contributed by atoms with Crippen molar-refractivity contribution in [3.8, 4) is 0 Å². The molecule has 0 aliphatic carbocycles. The van der Waals surface area contributed by atoms with E-state index in [2.05, 4.69) is 21.8 Å². The second-order valence-electron chi connectivity index (χ2n) is 4.80. The zero-order chi connectivity index (χ0) is 12.8. The van der Waals surface area contributed by atoms with Gasteiger partial charge in [-0.25, -0.2) is 4.98 Å². The molecule has 102 valence electrons. The molecule has 0 spiro atoms. The van der Waals surface area contributed by atoms with Crippen molar-refractivity contribution in [1.82, 2.24) is 9.55 Å². The molecule has 1 aliphatic heterocycles. The quantitative estimate of drug-likeness (QED) is 0.754. The zero-order valence-corrected chi connectivity index (χ0v) is 11.3. The minimum atomic E-state index is 0.430. The van der Waals surface area contributed by atoms with Crippen LogP contribution in [-0.4, -0.2) is 43.0 Å². The van der Waals surface area contributed by atoms with E-state index in [1.807, 2.05) is 12.4 Å². The fourth-order valence-corrected chi connectivity index (χ4v) is 2.36. The maximum atomic E-state index is 5.46. The molecule has 2 atom stereocenters. The Bertz CT molecular complexity index is 348. The van der Waals surface area contributed by atoms with Gasteiger partial charge in [0.15, 0.2) is 0 Å². The number of imidazole rings is 1. The number of nitrogens with zero attached hydrogens (tertiary/aromatic N) is 2. The zero-order valence-electron chi connectivity index (χ0n) is 11.3. The van der Waals surface area contributed by atoms with E-state index < -0.39 is 0 Å². The number of methoxy groups -OCH3 is 1. The number of ether oxygens (including phenoxy) is 2. The molecule has 0 radical (unpaired) electrons. The standard InChI is InChI=1S/C13H23N3O2/c1-11(12-4-9-18-10-12)16-7-6-15-13(16)14-5-3-8-17-2/h6-7,11-12H,3-5,8-10H2,1-2H3,(H,14,15). The first-order valence-corrected chi connectivity index (χ1v) is 6.66. The number of hydrogen-bond acceptors (Lipinski definition) is 4. The molecule has 2 heterocycles. The monoisotopic (exact) mass is 253 g/mol. The van der Waals surface area contributed by atoms with Crippen LogP contribution in [0.1, 0.15) is 25.8 Å². The van der Waals surface area contributed by atoms with Crippen LogP contribution in [0.5, 0.6) is 0 Å². The third kappa shape index (κ3) is 3.23. The van der Waals surface area contributed by atoms with E-state index in [1.165, 1.54) is 0 Å². The molecule has 0 saturated carbocycles. The number of aromatic nitrogens is 2. The smallest absolute Gasteiger partial charge is 0.203 e. The van der Waals surface area contributed by atoms with Crippen LogP contribution in [0.3, 0.4) is 0 Å². The second-order valence-corrected chi connectivity index (χ2v) is 4.80. The lowest BCUT2D eigenvalue weighted by molar-refractivity contribution is 0.175. The van der Waals surface area contributed by atoms with Gasteiger partial charge >= 0.3 is 0 Å². The summed E-state index contributed by atoms with van der Waals surface area (Å²) in [5, 5.41) is 3.36. The van der Waals surface area contributed by atoms with Crippen LogP contribution in [0.15, 0.2) is 12.4 Å². The molecule has 1 N–H and O–H groups in total. The van der Waals surface area contributed by atoms with Crippen LogP contribution in [0.25, 0.3) is 0 Å². The Morgan fingerprint density at radius 2 is 2.56 bits per heavy atom. The van der Waals surface area contributed by atoms with Gasteiger partial charge in [-0.1, -0.05) is 0 Å². The lowest BCUT2D eigenvalue weighted by atomic mass is 10.0. The Hall–Kier alpha value is -1.07. The predicted octanol–water partition coefficient (Wildman–Crippen LogP) is 1.93. The van der Waals surface area contributed by atoms with E-state index >= 15 is 0 Å². The van der Waals surface area contributed by atoms with Gasteiger partial charge in [0.05, 0.1) is 6.61 Å². The minimum absolute atomic E-state index is 0.430. The molecular weight excluding hydrogens is 230 g/mol.